The van der Waals surface area contributed by atoms with Crippen molar-refractivity contribution in [2.75, 3.05) is 18.6 Å². The summed E-state index contributed by atoms with van der Waals surface area (Å²) in [6, 6.07) is 0.140. The van der Waals surface area contributed by atoms with E-state index in [-0.39, 0.29) is 36.4 Å². The predicted molar refractivity (Wildman–Crippen MR) is 95.0 cm³/mol. The van der Waals surface area contributed by atoms with E-state index in [1.165, 1.54) is 0 Å². The molecule has 24 heavy (non-hydrogen) atoms. The van der Waals surface area contributed by atoms with Crippen LogP contribution in [0.4, 0.5) is 0 Å². The van der Waals surface area contributed by atoms with Crippen molar-refractivity contribution in [2.45, 2.75) is 70.3 Å². The summed E-state index contributed by atoms with van der Waals surface area (Å²) in [5.74, 6) is 1.58. The summed E-state index contributed by atoms with van der Waals surface area (Å²) in [5.41, 5.74) is -0.558. The van der Waals surface area contributed by atoms with Gasteiger partial charge in [0.2, 0.25) is 0 Å². The van der Waals surface area contributed by atoms with Gasteiger partial charge in [-0.25, -0.2) is 0 Å². The number of carbonyl (C=O) groups is 1. The molecule has 0 unspecified atom stereocenters. The largest absolute Gasteiger partial charge is 0.362 e. The highest BCUT2D eigenvalue weighted by atomic mass is 32.2. The van der Waals surface area contributed by atoms with Gasteiger partial charge in [0.1, 0.15) is 24.0 Å². The number of epoxide rings is 2. The van der Waals surface area contributed by atoms with Gasteiger partial charge in [0.15, 0.2) is 6.10 Å². The molecule has 6 heteroatoms. The Balaban J connectivity index is 1.57. The van der Waals surface area contributed by atoms with Crippen molar-refractivity contribution in [1.82, 2.24) is 4.90 Å². The van der Waals surface area contributed by atoms with Crippen LogP contribution in [0.15, 0.2) is 12.2 Å². The Bertz CT molecular complexity index is 507. The molecular formula is C18H29NO4S. The van der Waals surface area contributed by atoms with Crippen LogP contribution in [0.5, 0.6) is 0 Å². The van der Waals surface area contributed by atoms with Crippen LogP contribution in [0.2, 0.25) is 0 Å². The molecule has 0 bridgehead atoms. The molecule has 136 valence electrons. The summed E-state index contributed by atoms with van der Waals surface area (Å²) >= 11 is 1.80. The molecule has 0 saturated carbocycles. The molecule has 5 nitrogen and oxygen atoms in total. The van der Waals surface area contributed by atoms with Gasteiger partial charge in [0.25, 0.3) is 5.91 Å². The molecule has 3 rings (SSSR count). The molecule has 3 fully saturated rings. The maximum atomic E-state index is 13.0. The molecule has 1 amide bonds. The van der Waals surface area contributed by atoms with Crippen LogP contribution >= 0.6 is 11.8 Å². The lowest BCUT2D eigenvalue weighted by Crippen LogP contribution is -2.50. The van der Waals surface area contributed by atoms with Gasteiger partial charge < -0.3 is 19.1 Å². The van der Waals surface area contributed by atoms with Gasteiger partial charge in [-0.05, 0) is 38.2 Å². The normalized spacial score (nSPS) is 37.4. The molecule has 0 aromatic rings. The van der Waals surface area contributed by atoms with Gasteiger partial charge in [-0.15, -0.1) is 0 Å². The van der Waals surface area contributed by atoms with Crippen molar-refractivity contribution in [2.24, 2.45) is 5.92 Å². The van der Waals surface area contributed by atoms with Crippen molar-refractivity contribution in [3.8, 4) is 0 Å². The Morgan fingerprint density at radius 2 is 2.08 bits per heavy atom. The number of ether oxygens (including phenoxy) is 3. The van der Waals surface area contributed by atoms with Crippen LogP contribution < -0.4 is 0 Å². The molecule has 3 aliphatic heterocycles. The first-order valence-electron chi connectivity index (χ1n) is 8.80. The van der Waals surface area contributed by atoms with Crippen LogP contribution in [0.25, 0.3) is 0 Å². The molecular weight excluding hydrogens is 326 g/mol. The summed E-state index contributed by atoms with van der Waals surface area (Å²) < 4.78 is 17.2. The van der Waals surface area contributed by atoms with Crippen molar-refractivity contribution in [1.29, 1.82) is 0 Å². The summed E-state index contributed by atoms with van der Waals surface area (Å²) in [4.78, 5) is 14.9. The van der Waals surface area contributed by atoms with Gasteiger partial charge in [-0.3, -0.25) is 4.79 Å². The fraction of sp³-hybridized carbons (Fsp3) is 0.833. The van der Waals surface area contributed by atoms with E-state index < -0.39 is 5.72 Å². The Hall–Kier alpha value is -0.560. The summed E-state index contributed by atoms with van der Waals surface area (Å²) in [6.07, 6.45) is 6.93. The number of nitrogens with zero attached hydrogens (tertiary/aromatic N) is 1. The van der Waals surface area contributed by atoms with Gasteiger partial charge in [0, 0.05) is 0 Å². The highest BCUT2D eigenvalue weighted by molar-refractivity contribution is 7.98. The van der Waals surface area contributed by atoms with Gasteiger partial charge in [-0.2, -0.15) is 11.8 Å². The maximum absolute atomic E-state index is 13.0. The van der Waals surface area contributed by atoms with Crippen molar-refractivity contribution >= 4 is 17.7 Å². The van der Waals surface area contributed by atoms with Crippen LogP contribution in [0, 0.1) is 5.92 Å². The molecule has 0 radical (unpaired) electrons. The minimum atomic E-state index is -0.558. The van der Waals surface area contributed by atoms with E-state index in [9.17, 15) is 4.79 Å². The third kappa shape index (κ3) is 3.82. The third-order valence-electron chi connectivity index (χ3n) is 4.81. The first-order valence-corrected chi connectivity index (χ1v) is 10.2. The van der Waals surface area contributed by atoms with Crippen molar-refractivity contribution < 1.29 is 19.0 Å². The highest BCUT2D eigenvalue weighted by Crippen LogP contribution is 2.42. The third-order valence-corrected chi connectivity index (χ3v) is 5.45. The lowest BCUT2D eigenvalue weighted by molar-refractivity contribution is -0.147. The Kier molecular flexibility index (Phi) is 5.30. The van der Waals surface area contributed by atoms with E-state index in [1.807, 2.05) is 18.7 Å². The fourth-order valence-corrected chi connectivity index (χ4v) is 3.90. The Morgan fingerprint density at radius 1 is 1.33 bits per heavy atom. The first-order chi connectivity index (χ1) is 11.3. The van der Waals surface area contributed by atoms with Gasteiger partial charge in [-0.1, -0.05) is 26.0 Å². The molecule has 3 aliphatic rings. The van der Waals surface area contributed by atoms with E-state index in [1.54, 1.807) is 11.8 Å². The number of rotatable bonds is 7. The number of allylic oxidation sites excluding steroid dienone is 1. The Labute approximate surface area is 149 Å². The van der Waals surface area contributed by atoms with E-state index in [0.29, 0.717) is 12.5 Å². The monoisotopic (exact) mass is 355 g/mol. The second-order valence-electron chi connectivity index (χ2n) is 7.62. The van der Waals surface area contributed by atoms with Crippen LogP contribution in [0.3, 0.4) is 0 Å². The number of hydrogen-bond donors (Lipinski definition) is 0. The zero-order valence-corrected chi connectivity index (χ0v) is 16.0. The van der Waals surface area contributed by atoms with E-state index in [4.69, 9.17) is 14.2 Å². The van der Waals surface area contributed by atoms with E-state index in [2.05, 4.69) is 32.3 Å². The zero-order chi connectivity index (χ0) is 17.5. The second-order valence-corrected chi connectivity index (χ2v) is 8.60. The quantitative estimate of drug-likeness (QED) is 0.519. The molecule has 0 spiro atoms. The van der Waals surface area contributed by atoms with Crippen LogP contribution in [-0.2, 0) is 19.0 Å². The number of hydrogen-bond acceptors (Lipinski definition) is 5. The summed E-state index contributed by atoms with van der Waals surface area (Å²) in [5, 5.41) is 0. The van der Waals surface area contributed by atoms with Crippen molar-refractivity contribution in [3.05, 3.63) is 12.2 Å². The number of thioether (sulfide) groups is 1. The molecule has 0 N–H and O–H groups in total. The second kappa shape index (κ2) is 6.98. The molecule has 0 aliphatic carbocycles. The van der Waals surface area contributed by atoms with E-state index >= 15 is 0 Å². The minimum absolute atomic E-state index is 0.0326. The van der Waals surface area contributed by atoms with E-state index in [0.717, 1.165) is 12.2 Å². The lowest BCUT2D eigenvalue weighted by Gasteiger charge is -2.33. The fourth-order valence-electron chi connectivity index (χ4n) is 3.39. The number of amides is 1. The smallest absolute Gasteiger partial charge is 0.257 e. The number of carbonyl (C=O) groups excluding carboxylic acids is 1. The first kappa shape index (κ1) is 18.2. The average Bonchev–Trinajstić information content (AvgIpc) is 3.39. The highest BCUT2D eigenvalue weighted by Gasteiger charge is 2.62. The van der Waals surface area contributed by atoms with Gasteiger partial charge in [0.05, 0.1) is 12.6 Å². The minimum Gasteiger partial charge on any atom is -0.362 e. The van der Waals surface area contributed by atoms with Gasteiger partial charge >= 0.3 is 0 Å². The molecule has 5 atom stereocenters. The van der Waals surface area contributed by atoms with Crippen LogP contribution in [-0.4, -0.2) is 65.6 Å². The standard InChI is InChI=1S/C18H29NO4S/c1-11(2)6-7-13-14(22-13)15-16(23-15)17(20)19-12(8-9-24-5)10-21-18(19,3)4/h6-7,11-16H,8-10H2,1-5H3/b7-6+/t12-,13+,14-,15+,16-/m0/s1. The topological polar surface area (TPSA) is 54.6 Å². The zero-order valence-electron chi connectivity index (χ0n) is 15.2. The molecule has 0 aromatic carbocycles. The predicted octanol–water partition coefficient (Wildman–Crippen LogP) is 2.45. The van der Waals surface area contributed by atoms with Crippen LogP contribution in [0.1, 0.15) is 34.1 Å². The average molecular weight is 356 g/mol. The van der Waals surface area contributed by atoms with Crippen molar-refractivity contribution in [3.63, 3.8) is 0 Å². The summed E-state index contributed by atoms with van der Waals surface area (Å²) in [7, 11) is 0. The molecule has 3 heterocycles. The summed E-state index contributed by atoms with van der Waals surface area (Å²) in [6.45, 7) is 8.80. The lowest BCUT2D eigenvalue weighted by atomic mass is 10.1. The SMILES string of the molecule is CSCC[C@H]1COC(C)(C)N1C(=O)[C@H]1O[C@@H]1[C@H]1O[C@@H]1/C=C/C(C)C. The molecule has 3 saturated heterocycles. The Morgan fingerprint density at radius 3 is 2.75 bits per heavy atom. The maximum Gasteiger partial charge on any atom is 0.257 e. The molecule has 0 aromatic heterocycles.